The first kappa shape index (κ1) is 14.1. The Kier molecular flexibility index (Phi) is 4.31. The van der Waals surface area contributed by atoms with E-state index in [0.29, 0.717) is 19.1 Å². The van der Waals surface area contributed by atoms with Crippen molar-refractivity contribution in [2.75, 3.05) is 19.0 Å². The summed E-state index contributed by atoms with van der Waals surface area (Å²) in [5, 5.41) is 2.82. The average molecular weight is 275 g/mol. The Balaban J connectivity index is 2.04. The van der Waals surface area contributed by atoms with Crippen LogP contribution in [0.25, 0.3) is 0 Å². The fourth-order valence-electron chi connectivity index (χ4n) is 2.25. The molecular weight excluding hydrogens is 259 g/mol. The van der Waals surface area contributed by atoms with Gasteiger partial charge in [0.05, 0.1) is 17.8 Å². The lowest BCUT2D eigenvalue weighted by Gasteiger charge is -2.43. The minimum absolute atomic E-state index is 0.0548. The molecule has 106 valence electrons. The van der Waals surface area contributed by atoms with E-state index in [-0.39, 0.29) is 23.9 Å². The molecule has 1 aromatic carbocycles. The Hall–Kier alpha value is -1.27. The van der Waals surface area contributed by atoms with Gasteiger partial charge < -0.3 is 14.8 Å². The van der Waals surface area contributed by atoms with Gasteiger partial charge in [-0.05, 0) is 13.3 Å². The monoisotopic (exact) mass is 275 g/mol. The van der Waals surface area contributed by atoms with Crippen molar-refractivity contribution in [3.8, 4) is 0 Å². The zero-order valence-electron chi connectivity index (χ0n) is 10.8. The standard InChI is InChI=1S/C13H16F3NO2/c1-3-19-12-6-11(13(12)18-2)17-10-5-8(15)7(14)4-9(10)16/h4-5,11-13,17H,3,6H2,1-2H3. The van der Waals surface area contributed by atoms with Crippen LogP contribution in [0.15, 0.2) is 12.1 Å². The van der Waals surface area contributed by atoms with Crippen LogP contribution in [0, 0.1) is 17.5 Å². The number of hydrogen-bond donors (Lipinski definition) is 1. The molecule has 1 aromatic rings. The molecule has 0 aromatic heterocycles. The van der Waals surface area contributed by atoms with Crippen molar-refractivity contribution in [3.63, 3.8) is 0 Å². The maximum absolute atomic E-state index is 13.5. The van der Waals surface area contributed by atoms with E-state index >= 15 is 0 Å². The molecule has 19 heavy (non-hydrogen) atoms. The predicted octanol–water partition coefficient (Wildman–Crippen LogP) is 2.71. The van der Waals surface area contributed by atoms with E-state index in [1.165, 1.54) is 7.11 Å². The topological polar surface area (TPSA) is 30.5 Å². The number of hydrogen-bond acceptors (Lipinski definition) is 3. The number of halogens is 3. The van der Waals surface area contributed by atoms with Crippen molar-refractivity contribution >= 4 is 5.69 Å². The second kappa shape index (κ2) is 5.79. The molecule has 6 heteroatoms. The lowest BCUT2D eigenvalue weighted by Crippen LogP contribution is -2.56. The molecule has 3 atom stereocenters. The maximum Gasteiger partial charge on any atom is 0.161 e. The summed E-state index contributed by atoms with van der Waals surface area (Å²) in [6.45, 7) is 2.44. The quantitative estimate of drug-likeness (QED) is 0.838. The molecule has 0 bridgehead atoms. The fraction of sp³-hybridized carbons (Fsp3) is 0.538. The van der Waals surface area contributed by atoms with Gasteiger partial charge in [0, 0.05) is 25.8 Å². The number of ether oxygens (including phenoxy) is 2. The van der Waals surface area contributed by atoms with Gasteiger partial charge in [-0.15, -0.1) is 0 Å². The Bertz CT molecular complexity index is 456. The van der Waals surface area contributed by atoms with Crippen LogP contribution in [0.3, 0.4) is 0 Å². The fourth-order valence-corrected chi connectivity index (χ4v) is 2.25. The molecule has 0 amide bonds. The van der Waals surface area contributed by atoms with Crippen molar-refractivity contribution in [2.45, 2.75) is 31.6 Å². The summed E-state index contributed by atoms with van der Waals surface area (Å²) >= 11 is 0. The first-order chi connectivity index (χ1) is 9.06. The predicted molar refractivity (Wildman–Crippen MR) is 64.6 cm³/mol. The van der Waals surface area contributed by atoms with E-state index in [1.807, 2.05) is 6.92 Å². The Morgan fingerprint density at radius 3 is 2.53 bits per heavy atom. The Labute approximate surface area is 109 Å². The molecule has 1 saturated carbocycles. The minimum atomic E-state index is -1.20. The third-order valence-corrected chi connectivity index (χ3v) is 3.25. The summed E-state index contributed by atoms with van der Waals surface area (Å²) < 4.78 is 50.0. The lowest BCUT2D eigenvalue weighted by molar-refractivity contribution is -0.118. The van der Waals surface area contributed by atoms with Crippen molar-refractivity contribution in [1.29, 1.82) is 0 Å². The first-order valence-corrected chi connectivity index (χ1v) is 6.12. The molecule has 3 nitrogen and oxygen atoms in total. The second-order valence-corrected chi connectivity index (χ2v) is 4.43. The molecule has 3 unspecified atom stereocenters. The van der Waals surface area contributed by atoms with Crippen molar-refractivity contribution in [2.24, 2.45) is 0 Å². The normalized spacial score (nSPS) is 26.1. The highest BCUT2D eigenvalue weighted by Crippen LogP contribution is 2.31. The van der Waals surface area contributed by atoms with Gasteiger partial charge in [-0.25, -0.2) is 13.2 Å². The molecule has 0 saturated heterocycles. The van der Waals surface area contributed by atoms with Crippen molar-refractivity contribution in [1.82, 2.24) is 0 Å². The van der Waals surface area contributed by atoms with Crippen LogP contribution < -0.4 is 5.32 Å². The van der Waals surface area contributed by atoms with Gasteiger partial charge in [-0.1, -0.05) is 0 Å². The summed E-state index contributed by atoms with van der Waals surface area (Å²) in [5.41, 5.74) is -0.0686. The molecule has 1 N–H and O–H groups in total. The number of anilines is 1. The lowest BCUT2D eigenvalue weighted by atomic mass is 9.85. The summed E-state index contributed by atoms with van der Waals surface area (Å²) in [5.74, 6) is -3.11. The SMILES string of the molecule is CCOC1CC(Nc2cc(F)c(F)cc2F)C1OC. The van der Waals surface area contributed by atoms with E-state index in [4.69, 9.17) is 9.47 Å². The van der Waals surface area contributed by atoms with Crippen LogP contribution in [-0.4, -0.2) is 32.0 Å². The van der Waals surface area contributed by atoms with Crippen LogP contribution in [-0.2, 0) is 9.47 Å². The first-order valence-electron chi connectivity index (χ1n) is 6.12. The number of methoxy groups -OCH3 is 1. The Morgan fingerprint density at radius 1 is 1.21 bits per heavy atom. The van der Waals surface area contributed by atoms with E-state index < -0.39 is 17.5 Å². The van der Waals surface area contributed by atoms with Crippen LogP contribution in [0.5, 0.6) is 0 Å². The van der Waals surface area contributed by atoms with Gasteiger partial charge in [0.2, 0.25) is 0 Å². The molecule has 0 radical (unpaired) electrons. The third kappa shape index (κ3) is 2.84. The highest BCUT2D eigenvalue weighted by molar-refractivity contribution is 5.47. The third-order valence-electron chi connectivity index (χ3n) is 3.25. The van der Waals surface area contributed by atoms with Gasteiger partial charge in [0.15, 0.2) is 11.6 Å². The van der Waals surface area contributed by atoms with Gasteiger partial charge in [-0.2, -0.15) is 0 Å². The number of rotatable bonds is 5. The average Bonchev–Trinajstić information content (AvgIpc) is 2.34. The molecule has 0 spiro atoms. The van der Waals surface area contributed by atoms with Crippen molar-refractivity contribution < 1.29 is 22.6 Å². The van der Waals surface area contributed by atoms with Gasteiger partial charge in [0.25, 0.3) is 0 Å². The molecule has 0 aliphatic heterocycles. The summed E-state index contributed by atoms with van der Waals surface area (Å²) in [4.78, 5) is 0. The van der Waals surface area contributed by atoms with E-state index in [2.05, 4.69) is 5.32 Å². The van der Waals surface area contributed by atoms with Crippen LogP contribution >= 0.6 is 0 Å². The highest BCUT2D eigenvalue weighted by atomic mass is 19.2. The number of benzene rings is 1. The smallest absolute Gasteiger partial charge is 0.161 e. The zero-order valence-corrected chi connectivity index (χ0v) is 10.8. The van der Waals surface area contributed by atoms with Gasteiger partial charge >= 0.3 is 0 Å². The highest BCUT2D eigenvalue weighted by Gasteiger charge is 2.42. The van der Waals surface area contributed by atoms with E-state index in [9.17, 15) is 13.2 Å². The van der Waals surface area contributed by atoms with Gasteiger partial charge in [-0.3, -0.25) is 0 Å². The molecule has 1 aliphatic carbocycles. The molecule has 2 rings (SSSR count). The van der Waals surface area contributed by atoms with E-state index in [1.54, 1.807) is 0 Å². The van der Waals surface area contributed by atoms with Crippen LogP contribution in [0.4, 0.5) is 18.9 Å². The largest absolute Gasteiger partial charge is 0.377 e. The summed E-state index contributed by atoms with van der Waals surface area (Å²) in [7, 11) is 1.53. The number of nitrogens with one attached hydrogen (secondary N) is 1. The summed E-state index contributed by atoms with van der Waals surface area (Å²) in [6.07, 6.45) is 0.346. The van der Waals surface area contributed by atoms with E-state index in [0.717, 1.165) is 6.07 Å². The molecule has 1 fully saturated rings. The van der Waals surface area contributed by atoms with Crippen LogP contribution in [0.1, 0.15) is 13.3 Å². The zero-order chi connectivity index (χ0) is 14.0. The minimum Gasteiger partial charge on any atom is -0.377 e. The Morgan fingerprint density at radius 2 is 1.89 bits per heavy atom. The van der Waals surface area contributed by atoms with Crippen LogP contribution in [0.2, 0.25) is 0 Å². The maximum atomic E-state index is 13.5. The van der Waals surface area contributed by atoms with Gasteiger partial charge in [0.1, 0.15) is 11.9 Å². The van der Waals surface area contributed by atoms with Crippen molar-refractivity contribution in [3.05, 3.63) is 29.6 Å². The second-order valence-electron chi connectivity index (χ2n) is 4.43. The molecular formula is C13H16F3NO2. The molecule has 1 aliphatic rings. The summed E-state index contributed by atoms with van der Waals surface area (Å²) in [6, 6.07) is 1.16. The molecule has 0 heterocycles.